The second-order valence-electron chi connectivity index (χ2n) is 7.40. The van der Waals surface area contributed by atoms with E-state index in [1.807, 2.05) is 6.92 Å². The first kappa shape index (κ1) is 23.8. The van der Waals surface area contributed by atoms with Gasteiger partial charge in [-0.3, -0.25) is 14.4 Å². The van der Waals surface area contributed by atoms with Crippen LogP contribution in [0.25, 0.3) is 0 Å². The molecule has 2 unspecified atom stereocenters. The molecular weight excluding hydrogens is 483 g/mol. The minimum absolute atomic E-state index is 0.0622. The zero-order valence-electron chi connectivity index (χ0n) is 17.5. The van der Waals surface area contributed by atoms with Crippen molar-refractivity contribution in [2.24, 2.45) is 4.99 Å². The average molecular weight is 501 g/mol. The van der Waals surface area contributed by atoms with Crippen LogP contribution in [0.2, 0.25) is 0 Å². The highest BCUT2D eigenvalue weighted by Gasteiger charge is 2.33. The maximum absolute atomic E-state index is 12.3. The number of alkyl halides is 3. The molecule has 34 heavy (non-hydrogen) atoms. The molecule has 3 heterocycles. The lowest BCUT2D eigenvalue weighted by Crippen LogP contribution is -2.37. The highest BCUT2D eigenvalue weighted by atomic mass is 32.2. The summed E-state index contributed by atoms with van der Waals surface area (Å²) in [5, 5.41) is 13.8. The molecular formula is C19H18F3N5O6S. The lowest BCUT2D eigenvalue weighted by Gasteiger charge is -2.22. The number of nitro groups is 1. The number of thioether (sulfide) groups is 1. The van der Waals surface area contributed by atoms with Gasteiger partial charge >= 0.3 is 18.2 Å². The number of amidine groups is 1. The van der Waals surface area contributed by atoms with Crippen LogP contribution in [-0.2, 0) is 16.1 Å². The SMILES string of the molecule is CC1SC(NC(=O)CO[C@@H]2COc3nc([N+](=O)[O-])cn3C2)=NC1c1ccc(OC(F)(F)F)cc1. The van der Waals surface area contributed by atoms with E-state index in [1.165, 1.54) is 46.8 Å². The molecule has 3 atom stereocenters. The van der Waals surface area contributed by atoms with E-state index in [0.717, 1.165) is 0 Å². The van der Waals surface area contributed by atoms with Crippen LogP contribution in [0, 0.1) is 10.1 Å². The number of carbonyl (C=O) groups excluding carboxylic acids is 1. The Labute approximate surface area is 194 Å². The van der Waals surface area contributed by atoms with E-state index < -0.39 is 23.3 Å². The van der Waals surface area contributed by atoms with Crippen LogP contribution in [0.1, 0.15) is 18.5 Å². The Hall–Kier alpha value is -3.33. The summed E-state index contributed by atoms with van der Waals surface area (Å²) in [5.74, 6) is -1.11. The van der Waals surface area contributed by atoms with E-state index in [2.05, 4.69) is 20.0 Å². The van der Waals surface area contributed by atoms with E-state index in [4.69, 9.17) is 9.47 Å². The summed E-state index contributed by atoms with van der Waals surface area (Å²) in [7, 11) is 0. The van der Waals surface area contributed by atoms with Crippen molar-refractivity contribution < 1.29 is 37.1 Å². The van der Waals surface area contributed by atoms with Gasteiger partial charge in [0.2, 0.25) is 0 Å². The summed E-state index contributed by atoms with van der Waals surface area (Å²) in [5.41, 5.74) is 0.680. The maximum Gasteiger partial charge on any atom is 0.573 e. The summed E-state index contributed by atoms with van der Waals surface area (Å²) < 4.78 is 53.2. The molecule has 0 radical (unpaired) electrons. The highest BCUT2D eigenvalue weighted by Crippen LogP contribution is 2.37. The summed E-state index contributed by atoms with van der Waals surface area (Å²) >= 11 is 1.32. The molecule has 2 aliphatic heterocycles. The Morgan fingerprint density at radius 3 is 2.79 bits per heavy atom. The number of aromatic nitrogens is 2. The van der Waals surface area contributed by atoms with Crippen LogP contribution >= 0.6 is 11.8 Å². The third-order valence-corrected chi connectivity index (χ3v) is 5.92. The van der Waals surface area contributed by atoms with Gasteiger partial charge < -0.3 is 29.6 Å². The number of rotatable bonds is 6. The smallest absolute Gasteiger partial charge is 0.443 e. The molecule has 0 aliphatic carbocycles. The molecule has 0 fully saturated rings. The number of nitrogens with zero attached hydrogens (tertiary/aromatic N) is 4. The molecule has 1 aromatic heterocycles. The first-order chi connectivity index (χ1) is 16.1. The third-order valence-electron chi connectivity index (χ3n) is 4.86. The van der Waals surface area contributed by atoms with Gasteiger partial charge in [0.25, 0.3) is 5.91 Å². The number of ether oxygens (including phenoxy) is 3. The van der Waals surface area contributed by atoms with Gasteiger partial charge in [-0.1, -0.05) is 30.8 Å². The van der Waals surface area contributed by atoms with Crippen LogP contribution in [0.3, 0.4) is 0 Å². The van der Waals surface area contributed by atoms with Crippen molar-refractivity contribution in [3.63, 3.8) is 0 Å². The number of benzene rings is 1. The van der Waals surface area contributed by atoms with Crippen LogP contribution in [-0.4, -0.2) is 56.5 Å². The van der Waals surface area contributed by atoms with Gasteiger partial charge in [-0.25, -0.2) is 0 Å². The number of hydrogen-bond acceptors (Lipinski definition) is 9. The summed E-state index contributed by atoms with van der Waals surface area (Å²) in [6, 6.07) is 5.18. The Kier molecular flexibility index (Phi) is 6.65. The van der Waals surface area contributed by atoms with E-state index >= 15 is 0 Å². The standard InChI is InChI=1S/C19H18F3N5O6S/c1-10-16(11-2-4-12(5-3-11)33-19(20,21)22)25-17(34-10)24-15(28)9-31-13-6-26-7-14(27(29)30)23-18(26)32-8-13/h2-5,7,10,13,16H,6,8-9H2,1H3,(H,24,25,28)/t10?,13-,16?/m0/s1. The lowest BCUT2D eigenvalue weighted by molar-refractivity contribution is -0.389. The van der Waals surface area contributed by atoms with Gasteiger partial charge in [-0.15, -0.1) is 13.2 Å². The number of amides is 1. The zero-order valence-corrected chi connectivity index (χ0v) is 18.3. The molecule has 2 aromatic rings. The van der Waals surface area contributed by atoms with Crippen LogP contribution in [0.5, 0.6) is 11.8 Å². The number of halogens is 3. The molecule has 1 aromatic carbocycles. The van der Waals surface area contributed by atoms with Crippen molar-refractivity contribution in [2.75, 3.05) is 13.2 Å². The van der Waals surface area contributed by atoms with Gasteiger partial charge in [0, 0.05) is 10.2 Å². The minimum Gasteiger partial charge on any atom is -0.443 e. The second-order valence-corrected chi connectivity index (χ2v) is 8.77. The van der Waals surface area contributed by atoms with E-state index in [-0.39, 0.29) is 48.6 Å². The lowest BCUT2D eigenvalue weighted by atomic mass is 10.1. The fourth-order valence-electron chi connectivity index (χ4n) is 3.39. The molecule has 11 nitrogen and oxygen atoms in total. The molecule has 4 rings (SSSR count). The van der Waals surface area contributed by atoms with Gasteiger partial charge in [0.15, 0.2) is 5.17 Å². The molecule has 2 aliphatic rings. The van der Waals surface area contributed by atoms with Crippen molar-refractivity contribution >= 4 is 28.7 Å². The normalized spacial score (nSPS) is 21.9. The first-order valence-electron chi connectivity index (χ1n) is 9.93. The van der Waals surface area contributed by atoms with Gasteiger partial charge in [0.1, 0.15) is 31.3 Å². The topological polar surface area (TPSA) is 130 Å². The Bertz CT molecular complexity index is 1110. The number of aliphatic imine (C=N–C) groups is 1. The van der Waals surface area contributed by atoms with E-state index in [0.29, 0.717) is 10.7 Å². The van der Waals surface area contributed by atoms with Crippen molar-refractivity contribution in [1.82, 2.24) is 14.9 Å². The van der Waals surface area contributed by atoms with Crippen molar-refractivity contribution in [3.8, 4) is 11.8 Å². The largest absolute Gasteiger partial charge is 0.573 e. The quantitative estimate of drug-likeness (QED) is 0.473. The number of hydrogen-bond donors (Lipinski definition) is 1. The van der Waals surface area contributed by atoms with Crippen LogP contribution in [0.4, 0.5) is 19.0 Å². The van der Waals surface area contributed by atoms with Crippen molar-refractivity contribution in [2.45, 2.75) is 37.2 Å². The minimum atomic E-state index is -4.77. The van der Waals surface area contributed by atoms with E-state index in [9.17, 15) is 28.1 Å². The molecule has 0 saturated carbocycles. The predicted molar refractivity (Wildman–Crippen MR) is 113 cm³/mol. The molecule has 0 bridgehead atoms. The Morgan fingerprint density at radius 2 is 2.12 bits per heavy atom. The fraction of sp³-hybridized carbons (Fsp3) is 0.421. The molecule has 0 spiro atoms. The van der Waals surface area contributed by atoms with Gasteiger partial charge in [-0.2, -0.15) is 0 Å². The third kappa shape index (κ3) is 5.77. The van der Waals surface area contributed by atoms with Gasteiger partial charge in [-0.05, 0) is 22.6 Å². The number of fused-ring (bicyclic) bond motifs is 1. The highest BCUT2D eigenvalue weighted by molar-refractivity contribution is 8.14. The summed E-state index contributed by atoms with van der Waals surface area (Å²) in [6.45, 7) is 1.93. The summed E-state index contributed by atoms with van der Waals surface area (Å²) in [4.78, 5) is 30.7. The monoisotopic (exact) mass is 501 g/mol. The van der Waals surface area contributed by atoms with Gasteiger partial charge in [0.05, 0.1) is 12.6 Å². The fourth-order valence-corrected chi connectivity index (χ4v) is 4.43. The Morgan fingerprint density at radius 1 is 1.38 bits per heavy atom. The zero-order chi connectivity index (χ0) is 24.5. The Balaban J connectivity index is 1.28. The second kappa shape index (κ2) is 9.50. The van der Waals surface area contributed by atoms with Crippen molar-refractivity contribution in [3.05, 3.63) is 46.1 Å². The first-order valence-corrected chi connectivity index (χ1v) is 10.8. The number of imidazole rings is 1. The van der Waals surface area contributed by atoms with E-state index in [1.54, 1.807) is 0 Å². The van der Waals surface area contributed by atoms with Crippen molar-refractivity contribution in [1.29, 1.82) is 0 Å². The average Bonchev–Trinajstić information content (AvgIpc) is 3.34. The molecule has 15 heteroatoms. The number of carbonyl (C=O) groups is 1. The van der Waals surface area contributed by atoms with Crippen LogP contribution in [0.15, 0.2) is 35.5 Å². The predicted octanol–water partition coefficient (Wildman–Crippen LogP) is 2.82. The molecule has 182 valence electrons. The van der Waals surface area contributed by atoms with Crippen LogP contribution < -0.4 is 14.8 Å². The summed E-state index contributed by atoms with van der Waals surface area (Å²) in [6.07, 6.45) is -4.04. The molecule has 0 saturated heterocycles. The maximum atomic E-state index is 12.3. The number of nitrogens with one attached hydrogen (secondary N) is 1. The molecule has 1 N–H and O–H groups in total. The molecule has 1 amide bonds.